The molecule has 0 aliphatic carbocycles. The van der Waals surface area contributed by atoms with Crippen LogP contribution >= 0.6 is 0 Å². The summed E-state index contributed by atoms with van der Waals surface area (Å²) in [5, 5.41) is 0. The molecular weight excluding hydrogens is 335 g/mol. The molecule has 0 rings (SSSR count). The highest BCUT2D eigenvalue weighted by atomic mass is 19.1. The summed E-state index contributed by atoms with van der Waals surface area (Å²) in [5.41, 5.74) is -0.883. The smallest absolute Gasteiger partial charge is 0.129 e. The number of carbonyl (C=O) groups is 1. The van der Waals surface area contributed by atoms with E-state index in [0.717, 1.165) is 44.8 Å². The highest BCUT2D eigenvalue weighted by Crippen LogP contribution is 2.22. The summed E-state index contributed by atoms with van der Waals surface area (Å²) in [6, 6.07) is 0. The Morgan fingerprint density at radius 2 is 1.46 bits per heavy atom. The number of ketones is 1. The summed E-state index contributed by atoms with van der Waals surface area (Å²) in [5.74, 6) is 0.759. The van der Waals surface area contributed by atoms with Crippen molar-refractivity contribution in [1.29, 1.82) is 0 Å². The molecule has 0 aromatic heterocycles. The Labute approximate surface area is 160 Å². The van der Waals surface area contributed by atoms with Crippen molar-refractivity contribution in [3.05, 3.63) is 0 Å². The number of unbranched alkanes of at least 4 members (excludes halogenated alkanes) is 2. The molecule has 0 N–H and O–H groups in total. The van der Waals surface area contributed by atoms with Crippen LogP contribution in [0.15, 0.2) is 0 Å². The number of carbonyl (C=O) groups excluding carboxylic acids is 1. The first kappa shape index (κ1) is 25.5. The molecular formula is C21H41FO4. The summed E-state index contributed by atoms with van der Waals surface area (Å²) >= 11 is 0. The first-order valence-electron chi connectivity index (χ1n) is 10.2. The number of Topliss-reactive ketones (excluding diaryl/α,β-unsaturated/α-hetero) is 1. The number of ether oxygens (including phenoxy) is 3. The van der Waals surface area contributed by atoms with Crippen LogP contribution in [0.1, 0.15) is 79.6 Å². The van der Waals surface area contributed by atoms with Crippen molar-refractivity contribution in [3.63, 3.8) is 0 Å². The highest BCUT2D eigenvalue weighted by molar-refractivity contribution is 5.75. The second kappa shape index (κ2) is 15.5. The molecule has 5 heteroatoms. The third-order valence-electron chi connectivity index (χ3n) is 4.35. The van der Waals surface area contributed by atoms with Gasteiger partial charge in [-0.25, -0.2) is 4.39 Å². The average Bonchev–Trinajstić information content (AvgIpc) is 2.56. The summed E-state index contributed by atoms with van der Waals surface area (Å²) < 4.78 is 30.8. The molecule has 0 saturated carbocycles. The van der Waals surface area contributed by atoms with Crippen LogP contribution in [-0.4, -0.2) is 50.6 Å². The van der Waals surface area contributed by atoms with E-state index >= 15 is 0 Å². The molecule has 0 radical (unpaired) electrons. The van der Waals surface area contributed by atoms with Gasteiger partial charge in [-0.15, -0.1) is 0 Å². The molecule has 4 nitrogen and oxygen atoms in total. The quantitative estimate of drug-likeness (QED) is 0.311. The summed E-state index contributed by atoms with van der Waals surface area (Å²) in [7, 11) is 0. The van der Waals surface area contributed by atoms with Gasteiger partial charge in [0, 0.05) is 26.2 Å². The maximum absolute atomic E-state index is 14.1. The Morgan fingerprint density at radius 1 is 0.885 bits per heavy atom. The predicted molar refractivity (Wildman–Crippen MR) is 104 cm³/mol. The lowest BCUT2D eigenvalue weighted by Crippen LogP contribution is -2.37. The first-order chi connectivity index (χ1) is 12.3. The van der Waals surface area contributed by atoms with Crippen molar-refractivity contribution in [1.82, 2.24) is 0 Å². The van der Waals surface area contributed by atoms with Crippen LogP contribution in [0.3, 0.4) is 0 Å². The van der Waals surface area contributed by atoms with E-state index < -0.39 is 11.8 Å². The third kappa shape index (κ3) is 15.7. The van der Waals surface area contributed by atoms with Crippen molar-refractivity contribution < 1.29 is 23.4 Å². The molecule has 1 unspecified atom stereocenters. The van der Waals surface area contributed by atoms with Gasteiger partial charge in [-0.05, 0) is 65.2 Å². The summed E-state index contributed by atoms with van der Waals surface area (Å²) in [6.07, 6.45) is 4.85. The van der Waals surface area contributed by atoms with E-state index in [1.807, 2.05) is 0 Å². The Morgan fingerprint density at radius 3 is 2.04 bits per heavy atom. The molecule has 0 bridgehead atoms. The largest absolute Gasteiger partial charge is 0.381 e. The Hall–Kier alpha value is -0.520. The van der Waals surface area contributed by atoms with E-state index in [0.29, 0.717) is 19.8 Å². The number of hydrogen-bond acceptors (Lipinski definition) is 4. The van der Waals surface area contributed by atoms with Gasteiger partial charge in [0.1, 0.15) is 12.0 Å². The molecule has 0 saturated heterocycles. The fourth-order valence-corrected chi connectivity index (χ4v) is 2.51. The molecule has 1 atom stereocenters. The van der Waals surface area contributed by atoms with E-state index in [4.69, 9.17) is 14.2 Å². The second-order valence-corrected chi connectivity index (χ2v) is 7.98. The van der Waals surface area contributed by atoms with E-state index in [2.05, 4.69) is 13.8 Å². The molecule has 26 heavy (non-hydrogen) atoms. The van der Waals surface area contributed by atoms with Crippen LogP contribution in [-0.2, 0) is 19.0 Å². The Balaban J connectivity index is 3.43. The van der Waals surface area contributed by atoms with Gasteiger partial charge < -0.3 is 19.0 Å². The van der Waals surface area contributed by atoms with Crippen LogP contribution < -0.4 is 0 Å². The van der Waals surface area contributed by atoms with E-state index in [-0.39, 0.29) is 18.6 Å². The average molecular weight is 377 g/mol. The maximum atomic E-state index is 14.1. The van der Waals surface area contributed by atoms with Crippen LogP contribution in [0.25, 0.3) is 0 Å². The highest BCUT2D eigenvalue weighted by Gasteiger charge is 2.30. The normalized spacial score (nSPS) is 13.3. The van der Waals surface area contributed by atoms with Gasteiger partial charge in [-0.1, -0.05) is 13.8 Å². The Kier molecular flexibility index (Phi) is 15.2. The number of halogens is 1. The van der Waals surface area contributed by atoms with Gasteiger partial charge in [-0.2, -0.15) is 0 Å². The zero-order chi connectivity index (χ0) is 19.8. The monoisotopic (exact) mass is 376 g/mol. The van der Waals surface area contributed by atoms with Crippen LogP contribution in [0, 0.1) is 5.92 Å². The van der Waals surface area contributed by atoms with Gasteiger partial charge in [0.05, 0.1) is 18.8 Å². The van der Waals surface area contributed by atoms with Crippen molar-refractivity contribution >= 4 is 5.78 Å². The molecule has 0 aliphatic heterocycles. The molecule has 0 fully saturated rings. The van der Waals surface area contributed by atoms with Gasteiger partial charge in [0.25, 0.3) is 0 Å². The standard InChI is InChI=1S/C21H41FO4/c1-18(2)10-9-15-24-13-7-6-8-14-25-16-17-26-21(4,5)20(22)12-11-19(3)23/h18,20H,6-17H2,1-5H3. The zero-order valence-electron chi connectivity index (χ0n) is 17.7. The predicted octanol–water partition coefficient (Wildman–Crippen LogP) is 5.13. The minimum atomic E-state index is -1.15. The van der Waals surface area contributed by atoms with Crippen LogP contribution in [0.4, 0.5) is 4.39 Å². The van der Waals surface area contributed by atoms with Crippen molar-refractivity contribution in [2.75, 3.05) is 33.0 Å². The minimum Gasteiger partial charge on any atom is -0.381 e. The lowest BCUT2D eigenvalue weighted by Gasteiger charge is -2.29. The van der Waals surface area contributed by atoms with E-state index in [9.17, 15) is 9.18 Å². The van der Waals surface area contributed by atoms with Gasteiger partial charge in [-0.3, -0.25) is 0 Å². The summed E-state index contributed by atoms with van der Waals surface area (Å²) in [4.78, 5) is 10.9. The fraction of sp³-hybridized carbons (Fsp3) is 0.952. The molecule has 0 heterocycles. The van der Waals surface area contributed by atoms with Gasteiger partial charge in [0.15, 0.2) is 0 Å². The van der Waals surface area contributed by atoms with Crippen LogP contribution in [0.5, 0.6) is 0 Å². The second-order valence-electron chi connectivity index (χ2n) is 7.98. The maximum Gasteiger partial charge on any atom is 0.129 e. The van der Waals surface area contributed by atoms with Gasteiger partial charge in [0.2, 0.25) is 0 Å². The number of alkyl halides is 1. The van der Waals surface area contributed by atoms with Crippen LogP contribution in [0.2, 0.25) is 0 Å². The lowest BCUT2D eigenvalue weighted by molar-refractivity contribution is -0.119. The fourth-order valence-electron chi connectivity index (χ4n) is 2.51. The SMILES string of the molecule is CC(=O)CCC(F)C(C)(C)OCCOCCCCCOCCCC(C)C. The number of rotatable bonds is 18. The molecule has 0 aliphatic rings. The van der Waals surface area contributed by atoms with E-state index in [1.165, 1.54) is 13.3 Å². The Bertz CT molecular complexity index is 345. The topological polar surface area (TPSA) is 44.8 Å². The first-order valence-corrected chi connectivity index (χ1v) is 10.2. The van der Waals surface area contributed by atoms with E-state index in [1.54, 1.807) is 13.8 Å². The molecule has 0 spiro atoms. The molecule has 0 aromatic rings. The molecule has 0 aromatic carbocycles. The van der Waals surface area contributed by atoms with Crippen molar-refractivity contribution in [3.8, 4) is 0 Å². The summed E-state index contributed by atoms with van der Waals surface area (Å²) in [6.45, 7) is 12.6. The lowest BCUT2D eigenvalue weighted by atomic mass is 9.98. The van der Waals surface area contributed by atoms with Crippen molar-refractivity contribution in [2.45, 2.75) is 91.3 Å². The molecule has 0 amide bonds. The van der Waals surface area contributed by atoms with Crippen molar-refractivity contribution in [2.24, 2.45) is 5.92 Å². The minimum absolute atomic E-state index is 0.00717. The third-order valence-corrected chi connectivity index (χ3v) is 4.35. The molecule has 156 valence electrons. The number of hydrogen-bond donors (Lipinski definition) is 0. The zero-order valence-corrected chi connectivity index (χ0v) is 17.7. The van der Waals surface area contributed by atoms with Gasteiger partial charge >= 0.3 is 0 Å².